The third kappa shape index (κ3) is 3.59. The number of carbonyl (C=O) groups is 1. The molecular formula is C14H10BrIN2O3. The highest BCUT2D eigenvalue weighted by atomic mass is 127. The van der Waals surface area contributed by atoms with Gasteiger partial charge in [0.2, 0.25) is 0 Å². The molecule has 0 saturated carbocycles. The van der Waals surface area contributed by atoms with Crippen molar-refractivity contribution in [3.05, 3.63) is 65.7 Å². The molecule has 108 valence electrons. The average molecular weight is 461 g/mol. The number of rotatable bonds is 3. The molecule has 1 N–H and O–H groups in total. The van der Waals surface area contributed by atoms with Gasteiger partial charge in [0.25, 0.3) is 11.6 Å². The molecule has 0 heterocycles. The van der Waals surface area contributed by atoms with Crippen LogP contribution in [0.25, 0.3) is 0 Å². The Labute approximate surface area is 143 Å². The number of nitro groups is 1. The lowest BCUT2D eigenvalue weighted by Crippen LogP contribution is -2.14. The molecule has 0 fully saturated rings. The van der Waals surface area contributed by atoms with E-state index in [1.54, 1.807) is 6.07 Å². The molecule has 0 bridgehead atoms. The van der Waals surface area contributed by atoms with E-state index in [0.29, 0.717) is 15.7 Å². The van der Waals surface area contributed by atoms with Crippen molar-refractivity contribution in [1.82, 2.24) is 0 Å². The van der Waals surface area contributed by atoms with Crippen LogP contribution in [0.2, 0.25) is 0 Å². The van der Waals surface area contributed by atoms with Crippen molar-refractivity contribution in [3.63, 3.8) is 0 Å². The first kappa shape index (κ1) is 15.9. The van der Waals surface area contributed by atoms with Gasteiger partial charge in [-0.3, -0.25) is 14.9 Å². The van der Waals surface area contributed by atoms with Crippen LogP contribution in [-0.2, 0) is 0 Å². The van der Waals surface area contributed by atoms with E-state index in [0.717, 1.165) is 9.13 Å². The Balaban J connectivity index is 2.28. The fraction of sp³-hybridized carbons (Fsp3) is 0.0714. The second-order valence-corrected chi connectivity index (χ2v) is 6.24. The molecule has 0 spiro atoms. The summed E-state index contributed by atoms with van der Waals surface area (Å²) in [4.78, 5) is 22.5. The van der Waals surface area contributed by atoms with Crippen LogP contribution in [0.15, 0.2) is 40.9 Å². The summed E-state index contributed by atoms with van der Waals surface area (Å²) < 4.78 is 1.35. The number of non-ortho nitro benzene ring substituents is 1. The van der Waals surface area contributed by atoms with Crippen LogP contribution in [0.3, 0.4) is 0 Å². The maximum Gasteiger partial charge on any atom is 0.270 e. The highest BCUT2D eigenvalue weighted by Gasteiger charge is 2.14. The number of amides is 1. The Morgan fingerprint density at radius 3 is 2.67 bits per heavy atom. The molecule has 21 heavy (non-hydrogen) atoms. The number of carbonyl (C=O) groups excluding carboxylic acids is 1. The number of hydrogen-bond acceptors (Lipinski definition) is 3. The highest BCUT2D eigenvalue weighted by molar-refractivity contribution is 14.1. The van der Waals surface area contributed by atoms with Crippen LogP contribution in [0.5, 0.6) is 0 Å². The molecule has 1 amide bonds. The lowest BCUT2D eigenvalue weighted by molar-refractivity contribution is -0.384. The molecule has 0 aromatic heterocycles. The third-order valence-corrected chi connectivity index (χ3v) is 4.94. The second kappa shape index (κ2) is 6.52. The summed E-state index contributed by atoms with van der Waals surface area (Å²) in [5.41, 5.74) is 2.04. The molecule has 5 nitrogen and oxygen atoms in total. The number of anilines is 1. The van der Waals surface area contributed by atoms with Gasteiger partial charge in [0.1, 0.15) is 0 Å². The first-order chi connectivity index (χ1) is 9.90. The molecule has 2 aromatic rings. The molecule has 0 unspecified atom stereocenters. The van der Waals surface area contributed by atoms with Gasteiger partial charge in [-0.2, -0.15) is 0 Å². The van der Waals surface area contributed by atoms with E-state index in [9.17, 15) is 14.9 Å². The van der Waals surface area contributed by atoms with Gasteiger partial charge < -0.3 is 5.32 Å². The standard InChI is InChI=1S/C14H10BrIN2O3/c1-8-3-2-4-10(13(8)16)14(19)17-12-6-5-9(18(20)21)7-11(12)15/h2-7H,1H3,(H,17,19). The Morgan fingerprint density at radius 2 is 2.05 bits per heavy atom. The van der Waals surface area contributed by atoms with Crippen molar-refractivity contribution in [2.45, 2.75) is 6.92 Å². The molecule has 0 saturated heterocycles. The Morgan fingerprint density at radius 1 is 1.33 bits per heavy atom. The van der Waals surface area contributed by atoms with Gasteiger partial charge in [-0.25, -0.2) is 0 Å². The lowest BCUT2D eigenvalue weighted by Gasteiger charge is -2.09. The average Bonchev–Trinajstić information content (AvgIpc) is 2.43. The zero-order valence-corrected chi connectivity index (χ0v) is 14.6. The minimum Gasteiger partial charge on any atom is -0.321 e. The summed E-state index contributed by atoms with van der Waals surface area (Å²) >= 11 is 5.35. The van der Waals surface area contributed by atoms with Crippen molar-refractivity contribution >= 4 is 55.8 Å². The largest absolute Gasteiger partial charge is 0.321 e. The van der Waals surface area contributed by atoms with Gasteiger partial charge in [0, 0.05) is 20.2 Å². The maximum atomic E-state index is 12.3. The topological polar surface area (TPSA) is 72.2 Å². The van der Waals surface area contributed by atoms with E-state index >= 15 is 0 Å². The first-order valence-electron chi connectivity index (χ1n) is 5.90. The number of aryl methyl sites for hydroxylation is 1. The van der Waals surface area contributed by atoms with E-state index in [-0.39, 0.29) is 11.6 Å². The number of nitrogens with zero attached hydrogens (tertiary/aromatic N) is 1. The van der Waals surface area contributed by atoms with Crippen molar-refractivity contribution < 1.29 is 9.72 Å². The minimum atomic E-state index is -0.486. The highest BCUT2D eigenvalue weighted by Crippen LogP contribution is 2.28. The number of halogens is 2. The Kier molecular flexibility index (Phi) is 4.94. The van der Waals surface area contributed by atoms with Crippen LogP contribution in [0.4, 0.5) is 11.4 Å². The molecule has 0 radical (unpaired) electrons. The number of nitro benzene ring substituents is 1. The first-order valence-corrected chi connectivity index (χ1v) is 7.77. The fourth-order valence-corrected chi connectivity index (χ4v) is 2.80. The van der Waals surface area contributed by atoms with Gasteiger partial charge in [-0.15, -0.1) is 0 Å². The predicted octanol–water partition coefficient (Wildman–Crippen LogP) is 4.52. The van der Waals surface area contributed by atoms with Gasteiger partial charge in [0.15, 0.2) is 0 Å². The van der Waals surface area contributed by atoms with Crippen LogP contribution < -0.4 is 5.32 Å². The Hall–Kier alpha value is -1.48. The van der Waals surface area contributed by atoms with Gasteiger partial charge in [0.05, 0.1) is 16.2 Å². The summed E-state index contributed by atoms with van der Waals surface area (Å²) in [6.07, 6.45) is 0. The number of hydrogen-bond donors (Lipinski definition) is 1. The molecule has 0 aliphatic heterocycles. The zero-order valence-electron chi connectivity index (χ0n) is 10.9. The lowest BCUT2D eigenvalue weighted by atomic mass is 10.1. The van der Waals surface area contributed by atoms with E-state index in [4.69, 9.17) is 0 Å². The van der Waals surface area contributed by atoms with Crippen molar-refractivity contribution in [1.29, 1.82) is 0 Å². The van der Waals surface area contributed by atoms with Crippen molar-refractivity contribution in [3.8, 4) is 0 Å². The summed E-state index contributed by atoms with van der Waals surface area (Å²) in [5.74, 6) is -0.252. The summed E-state index contributed by atoms with van der Waals surface area (Å²) in [5, 5.41) is 13.4. The number of benzene rings is 2. The molecule has 0 aliphatic carbocycles. The summed E-state index contributed by atoms with van der Waals surface area (Å²) in [7, 11) is 0. The normalized spacial score (nSPS) is 10.2. The minimum absolute atomic E-state index is 0.0370. The van der Waals surface area contributed by atoms with E-state index in [1.807, 2.05) is 19.1 Å². The monoisotopic (exact) mass is 460 g/mol. The zero-order chi connectivity index (χ0) is 15.6. The van der Waals surface area contributed by atoms with E-state index in [1.165, 1.54) is 18.2 Å². The van der Waals surface area contributed by atoms with Crippen LogP contribution in [0.1, 0.15) is 15.9 Å². The quantitative estimate of drug-likeness (QED) is 0.415. The summed E-state index contributed by atoms with van der Waals surface area (Å²) in [6, 6.07) is 9.70. The summed E-state index contributed by atoms with van der Waals surface area (Å²) in [6.45, 7) is 1.93. The van der Waals surface area contributed by atoms with Crippen LogP contribution in [0, 0.1) is 20.6 Å². The van der Waals surface area contributed by atoms with E-state index in [2.05, 4.69) is 43.8 Å². The molecule has 0 aliphatic rings. The predicted molar refractivity (Wildman–Crippen MR) is 92.6 cm³/mol. The van der Waals surface area contributed by atoms with Gasteiger partial charge in [-0.1, -0.05) is 12.1 Å². The SMILES string of the molecule is Cc1cccc(C(=O)Nc2ccc([N+](=O)[O-])cc2Br)c1I. The smallest absolute Gasteiger partial charge is 0.270 e. The van der Waals surface area contributed by atoms with Crippen LogP contribution in [-0.4, -0.2) is 10.8 Å². The third-order valence-electron chi connectivity index (χ3n) is 2.85. The Bertz CT molecular complexity index is 734. The fourth-order valence-electron chi connectivity index (χ4n) is 1.73. The maximum absolute atomic E-state index is 12.3. The molecule has 2 rings (SSSR count). The van der Waals surface area contributed by atoms with Gasteiger partial charge >= 0.3 is 0 Å². The molecule has 2 aromatic carbocycles. The number of nitrogens with one attached hydrogen (secondary N) is 1. The van der Waals surface area contributed by atoms with Gasteiger partial charge in [-0.05, 0) is 63.1 Å². The molecule has 0 atom stereocenters. The van der Waals surface area contributed by atoms with Crippen molar-refractivity contribution in [2.24, 2.45) is 0 Å². The molecule has 7 heteroatoms. The van der Waals surface area contributed by atoms with Crippen molar-refractivity contribution in [2.75, 3.05) is 5.32 Å². The molecular weight excluding hydrogens is 451 g/mol. The van der Waals surface area contributed by atoms with Crippen LogP contribution >= 0.6 is 38.5 Å². The van der Waals surface area contributed by atoms with E-state index < -0.39 is 4.92 Å². The second-order valence-electron chi connectivity index (χ2n) is 4.31.